The van der Waals surface area contributed by atoms with E-state index in [1.807, 2.05) is 60.6 Å². The number of rotatable bonds is 13. The number of hydrogen-bond donors (Lipinski definition) is 2. The Labute approximate surface area is 209 Å². The van der Waals surface area contributed by atoms with Crippen LogP contribution < -0.4 is 10.2 Å². The Morgan fingerprint density at radius 3 is 2.27 bits per heavy atom. The minimum atomic E-state index is -0.970. The Hall–Kier alpha value is -1.21. The Balaban J connectivity index is 3.27. The molecule has 2 unspecified atom stereocenters. The maximum absolute atomic E-state index is 12.4. The Kier molecular flexibility index (Phi) is 12.3. The zero-order valence-corrected chi connectivity index (χ0v) is 22.7. The van der Waals surface area contributed by atoms with E-state index in [-0.39, 0.29) is 6.54 Å². The number of carbonyl (C=O) groups is 1. The highest BCUT2D eigenvalue weighted by molar-refractivity contribution is 6.18. The molecule has 1 rings (SSSR count). The van der Waals surface area contributed by atoms with Gasteiger partial charge in [-0.15, -0.1) is 23.2 Å². The summed E-state index contributed by atoms with van der Waals surface area (Å²) in [4.78, 5) is 14.5. The summed E-state index contributed by atoms with van der Waals surface area (Å²) < 4.78 is 11.1. The third-order valence-electron chi connectivity index (χ3n) is 5.21. The van der Waals surface area contributed by atoms with Gasteiger partial charge in [-0.1, -0.05) is 26.8 Å². The number of benzene rings is 1. The number of halogens is 2. The maximum Gasteiger partial charge on any atom is 0.407 e. The van der Waals surface area contributed by atoms with Gasteiger partial charge < -0.3 is 24.8 Å². The summed E-state index contributed by atoms with van der Waals surface area (Å²) in [6.45, 7) is 15.7. The molecule has 0 heterocycles. The molecule has 1 aromatic rings. The van der Waals surface area contributed by atoms with Gasteiger partial charge in [0.2, 0.25) is 0 Å². The van der Waals surface area contributed by atoms with Crippen LogP contribution in [-0.4, -0.2) is 61.1 Å². The summed E-state index contributed by atoms with van der Waals surface area (Å²) >= 11 is 12.0. The predicted molar refractivity (Wildman–Crippen MR) is 138 cm³/mol. The summed E-state index contributed by atoms with van der Waals surface area (Å²) in [7, 11) is 0. The van der Waals surface area contributed by atoms with Gasteiger partial charge >= 0.3 is 6.09 Å². The second-order valence-corrected chi connectivity index (χ2v) is 10.9. The van der Waals surface area contributed by atoms with Crippen LogP contribution in [0.1, 0.15) is 59.1 Å². The molecule has 0 bridgehead atoms. The van der Waals surface area contributed by atoms with E-state index in [4.69, 9.17) is 32.7 Å². The van der Waals surface area contributed by atoms with Crippen molar-refractivity contribution in [2.75, 3.05) is 42.9 Å². The molecule has 33 heavy (non-hydrogen) atoms. The van der Waals surface area contributed by atoms with Crippen LogP contribution in [0.2, 0.25) is 0 Å². The van der Waals surface area contributed by atoms with Gasteiger partial charge in [-0.25, -0.2) is 4.79 Å². The molecule has 0 fully saturated rings. The van der Waals surface area contributed by atoms with Crippen LogP contribution in [0.25, 0.3) is 0 Å². The van der Waals surface area contributed by atoms with Gasteiger partial charge in [0, 0.05) is 48.9 Å². The number of nitrogens with one attached hydrogen (secondary N) is 1. The molecule has 2 N–H and O–H groups in total. The van der Waals surface area contributed by atoms with Crippen LogP contribution in [0.3, 0.4) is 0 Å². The molecular weight excluding hydrogens is 463 g/mol. The van der Waals surface area contributed by atoms with Gasteiger partial charge in [0.05, 0.1) is 6.61 Å². The molecule has 0 saturated carbocycles. The highest BCUT2D eigenvalue weighted by Gasteiger charge is 2.33. The zero-order chi connectivity index (χ0) is 25.2. The van der Waals surface area contributed by atoms with E-state index in [1.165, 1.54) is 0 Å². The third kappa shape index (κ3) is 10.7. The smallest absolute Gasteiger partial charge is 0.407 e. The van der Waals surface area contributed by atoms with Crippen molar-refractivity contribution in [3.05, 3.63) is 29.3 Å². The Morgan fingerprint density at radius 1 is 1.15 bits per heavy atom. The fourth-order valence-corrected chi connectivity index (χ4v) is 4.05. The van der Waals surface area contributed by atoms with E-state index in [1.54, 1.807) is 0 Å². The molecular formula is C25H42Cl2N2O4. The standard InChI is InChI=1S/C25H42Cl2N2O4/c1-18(2)16-32-22(30)15-25(7,17-28-23(31)33-24(4,5)6)21-14-20(9-8-19(21)3)29(12-10-26)13-11-27/h8-9,14,18,22,30H,10-13,15-17H2,1-7H3,(H,28,31). The lowest BCUT2D eigenvalue weighted by atomic mass is 9.76. The number of ether oxygens (including phenoxy) is 2. The molecule has 1 amide bonds. The number of aryl methyl sites for hydroxylation is 1. The van der Waals surface area contributed by atoms with Crippen LogP contribution in [0.15, 0.2) is 18.2 Å². The fraction of sp³-hybridized carbons (Fsp3) is 0.720. The van der Waals surface area contributed by atoms with Gasteiger partial charge in [-0.2, -0.15) is 0 Å². The Morgan fingerprint density at radius 2 is 1.76 bits per heavy atom. The lowest BCUT2D eigenvalue weighted by Gasteiger charge is -2.35. The first-order chi connectivity index (χ1) is 15.3. The molecule has 0 radical (unpaired) electrons. The lowest BCUT2D eigenvalue weighted by molar-refractivity contribution is -0.120. The number of nitrogens with zero attached hydrogens (tertiary/aromatic N) is 1. The van der Waals surface area contributed by atoms with Gasteiger partial charge in [0.15, 0.2) is 6.29 Å². The van der Waals surface area contributed by atoms with Gasteiger partial charge in [0.25, 0.3) is 0 Å². The molecule has 0 aromatic heterocycles. The molecule has 0 saturated heterocycles. The quantitative estimate of drug-likeness (QED) is 0.276. The number of hydrogen-bond acceptors (Lipinski definition) is 5. The summed E-state index contributed by atoms with van der Waals surface area (Å²) in [6.07, 6.45) is -1.15. The number of aliphatic hydroxyl groups is 1. The number of aliphatic hydroxyl groups excluding tert-OH is 1. The average molecular weight is 506 g/mol. The molecule has 190 valence electrons. The molecule has 0 aliphatic carbocycles. The predicted octanol–water partition coefficient (Wildman–Crippen LogP) is 5.44. The second kappa shape index (κ2) is 13.6. The molecule has 6 nitrogen and oxygen atoms in total. The number of anilines is 1. The molecule has 2 atom stereocenters. The van der Waals surface area contributed by atoms with E-state index >= 15 is 0 Å². The number of alkyl carbamates (subject to hydrolysis) is 1. The topological polar surface area (TPSA) is 71.0 Å². The molecule has 0 aliphatic heterocycles. The van der Waals surface area contributed by atoms with E-state index < -0.39 is 23.4 Å². The summed E-state index contributed by atoms with van der Waals surface area (Å²) in [5, 5.41) is 13.6. The molecule has 8 heteroatoms. The van der Waals surface area contributed by atoms with E-state index in [9.17, 15) is 9.90 Å². The first-order valence-electron chi connectivity index (χ1n) is 11.6. The average Bonchev–Trinajstić information content (AvgIpc) is 2.70. The normalized spacial score (nSPS) is 14.6. The van der Waals surface area contributed by atoms with Crippen LogP contribution in [0.5, 0.6) is 0 Å². The fourth-order valence-electron chi connectivity index (χ4n) is 3.64. The van der Waals surface area contributed by atoms with E-state index in [0.717, 1.165) is 16.8 Å². The van der Waals surface area contributed by atoms with Crippen molar-refractivity contribution in [2.45, 2.75) is 72.2 Å². The van der Waals surface area contributed by atoms with Crippen LogP contribution in [-0.2, 0) is 14.9 Å². The number of alkyl halides is 2. The van der Waals surface area contributed by atoms with Crippen LogP contribution in [0.4, 0.5) is 10.5 Å². The minimum Gasteiger partial charge on any atom is -0.444 e. The largest absolute Gasteiger partial charge is 0.444 e. The highest BCUT2D eigenvalue weighted by atomic mass is 35.5. The van der Waals surface area contributed by atoms with Crippen molar-refractivity contribution in [3.63, 3.8) is 0 Å². The minimum absolute atomic E-state index is 0.277. The first-order valence-corrected chi connectivity index (χ1v) is 12.6. The van der Waals surface area contributed by atoms with Crippen LogP contribution >= 0.6 is 23.2 Å². The SMILES string of the molecule is Cc1ccc(N(CCCl)CCCl)cc1C(C)(CNC(=O)OC(C)(C)C)CC(O)OCC(C)C. The van der Waals surface area contributed by atoms with Crippen molar-refractivity contribution < 1.29 is 19.4 Å². The molecule has 0 spiro atoms. The van der Waals surface area contributed by atoms with Crippen molar-refractivity contribution >= 4 is 35.0 Å². The molecule has 0 aliphatic rings. The summed E-state index contributed by atoms with van der Waals surface area (Å²) in [5.41, 5.74) is 1.86. The van der Waals surface area contributed by atoms with Crippen molar-refractivity contribution in [1.29, 1.82) is 0 Å². The van der Waals surface area contributed by atoms with E-state index in [0.29, 0.717) is 43.8 Å². The highest BCUT2D eigenvalue weighted by Crippen LogP contribution is 2.34. The third-order valence-corrected chi connectivity index (χ3v) is 5.55. The van der Waals surface area contributed by atoms with Crippen molar-refractivity contribution in [1.82, 2.24) is 5.32 Å². The van der Waals surface area contributed by atoms with Crippen molar-refractivity contribution in [3.8, 4) is 0 Å². The van der Waals surface area contributed by atoms with Gasteiger partial charge in [0.1, 0.15) is 5.60 Å². The van der Waals surface area contributed by atoms with Gasteiger partial charge in [-0.3, -0.25) is 0 Å². The summed E-state index contributed by atoms with van der Waals surface area (Å²) in [5.74, 6) is 1.27. The van der Waals surface area contributed by atoms with Crippen molar-refractivity contribution in [2.24, 2.45) is 5.92 Å². The number of carbonyl (C=O) groups excluding carboxylic acids is 1. The monoisotopic (exact) mass is 504 g/mol. The zero-order valence-electron chi connectivity index (χ0n) is 21.2. The second-order valence-electron chi connectivity index (χ2n) is 10.2. The lowest BCUT2D eigenvalue weighted by Crippen LogP contribution is -2.43. The number of amides is 1. The van der Waals surface area contributed by atoms with Gasteiger partial charge in [-0.05, 0) is 56.9 Å². The molecule has 1 aromatic carbocycles. The Bertz CT molecular complexity index is 734. The van der Waals surface area contributed by atoms with E-state index in [2.05, 4.69) is 16.3 Å². The maximum atomic E-state index is 12.4. The first kappa shape index (κ1) is 29.8. The summed E-state index contributed by atoms with van der Waals surface area (Å²) in [6, 6.07) is 6.19. The van der Waals surface area contributed by atoms with Crippen LogP contribution in [0, 0.1) is 12.8 Å².